The van der Waals surface area contributed by atoms with E-state index in [1.807, 2.05) is 19.1 Å². The largest absolute Gasteiger partial charge is 0.478 e. The number of oxime groups is 1. The van der Waals surface area contributed by atoms with Crippen molar-refractivity contribution in [3.63, 3.8) is 0 Å². The maximum Gasteiger partial charge on any atom is 0.335 e. The Balaban J connectivity index is 2.07. The van der Waals surface area contributed by atoms with E-state index in [1.54, 1.807) is 49.6 Å². The standard InChI is InChI=1S/C23H21ClN2O4/c1-14-11-18(24)8-9-19(14)20(15-3-5-16(6-4-15)23(28)29)12-21(25-30)17-7-10-22(27)26(2)13-17/h3-11,13,20,30H,12H2,1-2H3,(H,28,29)/b25-21-. The van der Waals surface area contributed by atoms with Crippen molar-refractivity contribution in [3.05, 3.63) is 104 Å². The summed E-state index contributed by atoms with van der Waals surface area (Å²) < 4.78 is 1.42. The van der Waals surface area contributed by atoms with Crippen LogP contribution >= 0.6 is 11.6 Å². The van der Waals surface area contributed by atoms with Crippen LogP contribution in [0.1, 0.15) is 45.0 Å². The summed E-state index contributed by atoms with van der Waals surface area (Å²) in [4.78, 5) is 22.9. The minimum atomic E-state index is -0.997. The molecule has 3 aromatic rings. The third-order valence-electron chi connectivity index (χ3n) is 5.10. The predicted molar refractivity (Wildman–Crippen MR) is 116 cm³/mol. The fraction of sp³-hybridized carbons (Fsp3) is 0.174. The van der Waals surface area contributed by atoms with Crippen LogP contribution in [0, 0.1) is 6.92 Å². The van der Waals surface area contributed by atoms with Crippen LogP contribution in [-0.4, -0.2) is 26.6 Å². The van der Waals surface area contributed by atoms with Gasteiger partial charge in [-0.15, -0.1) is 0 Å². The Morgan fingerprint density at radius 3 is 2.33 bits per heavy atom. The van der Waals surface area contributed by atoms with Crippen molar-refractivity contribution in [2.45, 2.75) is 19.3 Å². The molecule has 3 rings (SSSR count). The molecule has 0 saturated heterocycles. The lowest BCUT2D eigenvalue weighted by molar-refractivity contribution is 0.0697. The zero-order chi connectivity index (χ0) is 21.8. The molecule has 154 valence electrons. The molecule has 0 radical (unpaired) electrons. The maximum atomic E-state index is 11.7. The van der Waals surface area contributed by atoms with Gasteiger partial charge in [-0.3, -0.25) is 4.79 Å². The number of carboxylic acid groups (broad SMARTS) is 1. The maximum absolute atomic E-state index is 11.7. The molecule has 0 aliphatic carbocycles. The first kappa shape index (κ1) is 21.3. The molecule has 2 aromatic carbocycles. The van der Waals surface area contributed by atoms with Gasteiger partial charge in [0.15, 0.2) is 0 Å². The molecule has 6 nitrogen and oxygen atoms in total. The Labute approximate surface area is 178 Å². The summed E-state index contributed by atoms with van der Waals surface area (Å²) in [5, 5.41) is 23.0. The summed E-state index contributed by atoms with van der Waals surface area (Å²) in [5.74, 6) is -1.21. The minimum Gasteiger partial charge on any atom is -0.478 e. The highest BCUT2D eigenvalue weighted by Gasteiger charge is 2.21. The van der Waals surface area contributed by atoms with Crippen molar-refractivity contribution < 1.29 is 15.1 Å². The fourth-order valence-corrected chi connectivity index (χ4v) is 3.70. The lowest BCUT2D eigenvalue weighted by atomic mass is 9.83. The molecular weight excluding hydrogens is 404 g/mol. The van der Waals surface area contributed by atoms with Crippen molar-refractivity contribution >= 4 is 23.3 Å². The summed E-state index contributed by atoms with van der Waals surface area (Å²) in [7, 11) is 1.63. The Morgan fingerprint density at radius 2 is 1.77 bits per heavy atom. The molecule has 1 unspecified atom stereocenters. The number of halogens is 1. The zero-order valence-electron chi connectivity index (χ0n) is 16.5. The number of aromatic nitrogens is 1. The molecule has 1 heterocycles. The van der Waals surface area contributed by atoms with Crippen LogP contribution in [0.2, 0.25) is 5.02 Å². The summed E-state index contributed by atoms with van der Waals surface area (Å²) in [5.41, 5.74) is 3.88. The Morgan fingerprint density at radius 1 is 1.10 bits per heavy atom. The highest BCUT2D eigenvalue weighted by molar-refractivity contribution is 6.30. The average molecular weight is 425 g/mol. The van der Waals surface area contributed by atoms with Crippen molar-refractivity contribution in [3.8, 4) is 0 Å². The Kier molecular flexibility index (Phi) is 6.37. The molecule has 0 bridgehead atoms. The van der Waals surface area contributed by atoms with Crippen LogP contribution in [0.15, 0.2) is 70.7 Å². The molecule has 0 aliphatic heterocycles. The molecule has 30 heavy (non-hydrogen) atoms. The van der Waals surface area contributed by atoms with Crippen molar-refractivity contribution in [2.75, 3.05) is 0 Å². The fourth-order valence-electron chi connectivity index (χ4n) is 3.47. The van der Waals surface area contributed by atoms with Crippen LogP contribution in [-0.2, 0) is 7.05 Å². The molecule has 1 atom stereocenters. The number of pyridine rings is 1. The van der Waals surface area contributed by atoms with Crippen LogP contribution in [0.4, 0.5) is 0 Å². The molecule has 0 spiro atoms. The lowest BCUT2D eigenvalue weighted by Crippen LogP contribution is -2.18. The molecule has 1 aromatic heterocycles. The predicted octanol–water partition coefficient (Wildman–Crippen LogP) is 4.45. The Bertz CT molecular complexity index is 1170. The third kappa shape index (κ3) is 4.60. The molecule has 0 amide bonds. The lowest BCUT2D eigenvalue weighted by Gasteiger charge is -2.21. The zero-order valence-corrected chi connectivity index (χ0v) is 17.3. The summed E-state index contributed by atoms with van der Waals surface area (Å²) in [6.07, 6.45) is 1.96. The van der Waals surface area contributed by atoms with Gasteiger partial charge < -0.3 is 14.9 Å². The van der Waals surface area contributed by atoms with E-state index in [2.05, 4.69) is 5.16 Å². The minimum absolute atomic E-state index is 0.162. The van der Waals surface area contributed by atoms with Gasteiger partial charge in [0.25, 0.3) is 0 Å². The van der Waals surface area contributed by atoms with E-state index >= 15 is 0 Å². The highest BCUT2D eigenvalue weighted by Crippen LogP contribution is 2.33. The van der Waals surface area contributed by atoms with E-state index in [9.17, 15) is 19.9 Å². The summed E-state index contributed by atoms with van der Waals surface area (Å²) >= 11 is 6.12. The van der Waals surface area contributed by atoms with Gasteiger partial charge >= 0.3 is 5.97 Å². The molecule has 0 saturated carbocycles. The number of aryl methyl sites for hydroxylation is 2. The summed E-state index contributed by atoms with van der Waals surface area (Å²) in [6, 6.07) is 15.2. The first-order valence-corrected chi connectivity index (χ1v) is 9.65. The van der Waals surface area contributed by atoms with Crippen LogP contribution in [0.3, 0.4) is 0 Å². The number of hydrogen-bond donors (Lipinski definition) is 2. The summed E-state index contributed by atoms with van der Waals surface area (Å²) in [6.45, 7) is 1.95. The second-order valence-corrected chi connectivity index (χ2v) is 7.53. The Hall–Kier alpha value is -3.38. The second kappa shape index (κ2) is 8.97. The molecule has 0 aliphatic rings. The van der Waals surface area contributed by atoms with Gasteiger partial charge in [0.2, 0.25) is 5.56 Å². The first-order chi connectivity index (χ1) is 14.3. The van der Waals surface area contributed by atoms with Crippen molar-refractivity contribution in [1.29, 1.82) is 0 Å². The number of carboxylic acids is 1. The molecular formula is C23H21ClN2O4. The third-order valence-corrected chi connectivity index (χ3v) is 5.34. The second-order valence-electron chi connectivity index (χ2n) is 7.10. The van der Waals surface area contributed by atoms with Gasteiger partial charge in [0.05, 0.1) is 11.3 Å². The van der Waals surface area contributed by atoms with E-state index in [1.165, 1.54) is 10.6 Å². The van der Waals surface area contributed by atoms with Gasteiger partial charge in [-0.05, 0) is 53.9 Å². The van der Waals surface area contributed by atoms with Gasteiger partial charge in [0.1, 0.15) is 0 Å². The topological polar surface area (TPSA) is 91.9 Å². The molecule has 0 fully saturated rings. The van der Waals surface area contributed by atoms with Crippen LogP contribution in [0.5, 0.6) is 0 Å². The van der Waals surface area contributed by atoms with E-state index in [0.717, 1.165) is 16.7 Å². The number of nitrogens with zero attached hydrogens (tertiary/aromatic N) is 2. The number of rotatable bonds is 6. The van der Waals surface area contributed by atoms with Gasteiger partial charge in [0, 0.05) is 42.2 Å². The monoisotopic (exact) mass is 424 g/mol. The SMILES string of the molecule is Cc1cc(Cl)ccc1C(C/C(=N/O)c1ccc(=O)n(C)c1)c1ccc(C(=O)O)cc1. The first-order valence-electron chi connectivity index (χ1n) is 9.27. The van der Waals surface area contributed by atoms with Gasteiger partial charge in [-0.2, -0.15) is 0 Å². The van der Waals surface area contributed by atoms with E-state index in [-0.39, 0.29) is 17.0 Å². The van der Waals surface area contributed by atoms with Crippen molar-refractivity contribution in [2.24, 2.45) is 12.2 Å². The average Bonchev–Trinajstić information content (AvgIpc) is 2.72. The quantitative estimate of drug-likeness (QED) is 0.347. The van der Waals surface area contributed by atoms with E-state index < -0.39 is 5.97 Å². The molecule has 7 heteroatoms. The number of benzene rings is 2. The van der Waals surface area contributed by atoms with Crippen LogP contribution < -0.4 is 5.56 Å². The van der Waals surface area contributed by atoms with Gasteiger partial charge in [-0.25, -0.2) is 4.79 Å². The normalized spacial score (nSPS) is 12.6. The number of carbonyl (C=O) groups is 1. The number of hydrogen-bond acceptors (Lipinski definition) is 4. The van der Waals surface area contributed by atoms with Crippen LogP contribution in [0.25, 0.3) is 0 Å². The molecule has 2 N–H and O–H groups in total. The van der Waals surface area contributed by atoms with E-state index in [0.29, 0.717) is 22.7 Å². The van der Waals surface area contributed by atoms with E-state index in [4.69, 9.17) is 11.6 Å². The van der Waals surface area contributed by atoms with Crippen molar-refractivity contribution in [1.82, 2.24) is 4.57 Å². The smallest absolute Gasteiger partial charge is 0.335 e. The van der Waals surface area contributed by atoms with Gasteiger partial charge in [-0.1, -0.05) is 35.0 Å². The number of aromatic carboxylic acids is 1. The highest BCUT2D eigenvalue weighted by atomic mass is 35.5.